The number of rotatable bonds is 48. The quantitative estimate of drug-likeness (QED) is 0.0262. The zero-order chi connectivity index (χ0) is 48.6. The van der Waals surface area contributed by atoms with E-state index in [1.54, 1.807) is 0 Å². The maximum atomic E-state index is 12.8. The summed E-state index contributed by atoms with van der Waals surface area (Å²) in [6.07, 6.45) is 73.6. The van der Waals surface area contributed by atoms with Crippen LogP contribution in [-0.2, 0) is 28.6 Å². The van der Waals surface area contributed by atoms with Crippen LogP contribution >= 0.6 is 0 Å². The Balaban J connectivity index is 4.50. The summed E-state index contributed by atoms with van der Waals surface area (Å²) in [4.78, 5) is 38.1. The first-order valence-corrected chi connectivity index (χ1v) is 27.4. The van der Waals surface area contributed by atoms with E-state index in [2.05, 4.69) is 130 Å². The van der Waals surface area contributed by atoms with Crippen molar-refractivity contribution >= 4 is 17.9 Å². The SMILES string of the molecule is CCC=CCC=CCC=CCC=CCC=CCCCCCC(=O)OC[C@@H](COC(=O)CCCCCCCC=CCC=CCC=CCC)OC(=O)CCCCCCCC=CCCCCCCCC. The van der Waals surface area contributed by atoms with Gasteiger partial charge in [-0.1, -0.05) is 207 Å². The highest BCUT2D eigenvalue weighted by atomic mass is 16.6. The smallest absolute Gasteiger partial charge is 0.306 e. The van der Waals surface area contributed by atoms with Crippen molar-refractivity contribution in [3.8, 4) is 0 Å². The molecule has 6 nitrogen and oxygen atoms in total. The van der Waals surface area contributed by atoms with E-state index in [1.165, 1.54) is 51.4 Å². The van der Waals surface area contributed by atoms with Crippen molar-refractivity contribution in [3.05, 3.63) is 109 Å². The Bertz CT molecular complexity index is 1390. The lowest BCUT2D eigenvalue weighted by molar-refractivity contribution is -0.167. The van der Waals surface area contributed by atoms with Gasteiger partial charge in [-0.05, 0) is 122 Å². The fourth-order valence-electron chi connectivity index (χ4n) is 7.18. The van der Waals surface area contributed by atoms with Gasteiger partial charge in [-0.3, -0.25) is 14.4 Å². The second-order valence-electron chi connectivity index (χ2n) is 17.7. The highest BCUT2D eigenvalue weighted by molar-refractivity contribution is 5.71. The van der Waals surface area contributed by atoms with E-state index in [0.717, 1.165) is 148 Å². The van der Waals surface area contributed by atoms with Gasteiger partial charge in [0.25, 0.3) is 0 Å². The predicted molar refractivity (Wildman–Crippen MR) is 288 cm³/mol. The third-order valence-corrected chi connectivity index (χ3v) is 11.2. The summed E-state index contributed by atoms with van der Waals surface area (Å²) in [5.41, 5.74) is 0. The first-order chi connectivity index (χ1) is 33.0. The normalized spacial score (nSPS) is 12.9. The van der Waals surface area contributed by atoms with Crippen molar-refractivity contribution in [2.75, 3.05) is 13.2 Å². The Morgan fingerprint density at radius 2 is 0.582 bits per heavy atom. The number of esters is 3. The minimum Gasteiger partial charge on any atom is -0.462 e. The molecule has 0 spiro atoms. The molecule has 0 aromatic rings. The topological polar surface area (TPSA) is 78.9 Å². The van der Waals surface area contributed by atoms with Crippen molar-refractivity contribution in [2.45, 2.75) is 245 Å². The molecule has 0 aliphatic carbocycles. The van der Waals surface area contributed by atoms with Crippen molar-refractivity contribution in [1.82, 2.24) is 0 Å². The van der Waals surface area contributed by atoms with E-state index in [-0.39, 0.29) is 31.1 Å². The summed E-state index contributed by atoms with van der Waals surface area (Å²) in [5, 5.41) is 0. The predicted octanol–water partition coefficient (Wildman–Crippen LogP) is 18.3. The molecule has 0 aliphatic rings. The molecule has 67 heavy (non-hydrogen) atoms. The molecule has 0 bridgehead atoms. The van der Waals surface area contributed by atoms with E-state index in [4.69, 9.17) is 14.2 Å². The lowest BCUT2D eigenvalue weighted by Crippen LogP contribution is -2.30. The van der Waals surface area contributed by atoms with E-state index < -0.39 is 6.10 Å². The molecule has 0 N–H and O–H groups in total. The molecule has 0 heterocycles. The number of unbranched alkanes of at least 4 members (excludes halogenated alkanes) is 19. The monoisotopic (exact) mass is 929 g/mol. The Hall–Kier alpha value is -3.93. The maximum Gasteiger partial charge on any atom is 0.306 e. The van der Waals surface area contributed by atoms with E-state index >= 15 is 0 Å². The Kier molecular flexibility index (Phi) is 51.5. The van der Waals surface area contributed by atoms with E-state index in [1.807, 2.05) is 0 Å². The van der Waals surface area contributed by atoms with Crippen LogP contribution in [0.1, 0.15) is 239 Å². The fraction of sp³-hybridized carbons (Fsp3) is 0.656. The summed E-state index contributed by atoms with van der Waals surface area (Å²) in [5.74, 6) is -0.962. The lowest BCUT2D eigenvalue weighted by atomic mass is 10.1. The molecular formula is C61H100O6. The Morgan fingerprint density at radius 3 is 0.940 bits per heavy atom. The summed E-state index contributed by atoms with van der Waals surface area (Å²) in [6, 6.07) is 0. The van der Waals surface area contributed by atoms with Crippen molar-refractivity contribution in [2.24, 2.45) is 0 Å². The molecule has 0 rings (SSSR count). The molecule has 0 saturated carbocycles. The number of carbonyl (C=O) groups excluding carboxylic acids is 3. The van der Waals surface area contributed by atoms with Crippen LogP contribution in [0.25, 0.3) is 0 Å². The third-order valence-electron chi connectivity index (χ3n) is 11.2. The summed E-state index contributed by atoms with van der Waals surface area (Å²) in [6.45, 7) is 6.35. The van der Waals surface area contributed by atoms with Gasteiger partial charge in [0.2, 0.25) is 0 Å². The first-order valence-electron chi connectivity index (χ1n) is 27.4. The fourth-order valence-corrected chi connectivity index (χ4v) is 7.18. The van der Waals surface area contributed by atoms with E-state index in [9.17, 15) is 14.4 Å². The van der Waals surface area contributed by atoms with Crippen LogP contribution in [-0.4, -0.2) is 37.2 Å². The second kappa shape index (κ2) is 54.7. The number of carbonyl (C=O) groups is 3. The molecule has 0 aromatic heterocycles. The molecular weight excluding hydrogens is 829 g/mol. The molecule has 6 heteroatoms. The average molecular weight is 929 g/mol. The minimum atomic E-state index is -0.805. The van der Waals surface area contributed by atoms with Gasteiger partial charge >= 0.3 is 17.9 Å². The first kappa shape index (κ1) is 63.1. The summed E-state index contributed by atoms with van der Waals surface area (Å²) < 4.78 is 16.8. The third kappa shape index (κ3) is 52.9. The zero-order valence-electron chi connectivity index (χ0n) is 43.4. The standard InChI is InChI=1S/C61H100O6/c1-4-7-10-13-16-19-22-25-28-29-30-31-34-36-39-42-45-48-51-54-60(63)66-57-58(67-61(64)55-52-49-46-43-40-37-33-27-24-21-18-15-12-9-6-3)56-65-59(62)53-50-47-44-41-38-35-32-26-23-20-17-14-11-8-5-2/h7-8,10-11,16-17,19-20,25-28,30-33,36,39,58H,4-6,9,12-15,18,21-24,29,34-35,37-38,40-57H2,1-3H3/t58-/m1/s1. The highest BCUT2D eigenvalue weighted by Crippen LogP contribution is 2.13. The van der Waals surface area contributed by atoms with Crippen molar-refractivity contribution in [1.29, 1.82) is 0 Å². The van der Waals surface area contributed by atoms with Crippen LogP contribution in [0.3, 0.4) is 0 Å². The van der Waals surface area contributed by atoms with Crippen LogP contribution in [0.5, 0.6) is 0 Å². The molecule has 0 aliphatic heterocycles. The second-order valence-corrected chi connectivity index (χ2v) is 17.7. The maximum absolute atomic E-state index is 12.8. The van der Waals surface area contributed by atoms with Crippen molar-refractivity contribution in [3.63, 3.8) is 0 Å². The van der Waals surface area contributed by atoms with Gasteiger partial charge < -0.3 is 14.2 Å². The zero-order valence-corrected chi connectivity index (χ0v) is 43.4. The van der Waals surface area contributed by atoms with Crippen LogP contribution in [0.2, 0.25) is 0 Å². The van der Waals surface area contributed by atoms with Crippen LogP contribution in [0, 0.1) is 0 Å². The van der Waals surface area contributed by atoms with Gasteiger partial charge in [0.05, 0.1) is 0 Å². The van der Waals surface area contributed by atoms with Gasteiger partial charge in [0, 0.05) is 19.3 Å². The van der Waals surface area contributed by atoms with Gasteiger partial charge in [0.1, 0.15) is 13.2 Å². The van der Waals surface area contributed by atoms with Gasteiger partial charge in [-0.15, -0.1) is 0 Å². The largest absolute Gasteiger partial charge is 0.462 e. The Labute approximate surface area is 412 Å². The molecule has 0 fully saturated rings. The highest BCUT2D eigenvalue weighted by Gasteiger charge is 2.19. The number of ether oxygens (including phenoxy) is 3. The van der Waals surface area contributed by atoms with Crippen LogP contribution < -0.4 is 0 Å². The molecule has 0 amide bonds. The average Bonchev–Trinajstić information content (AvgIpc) is 3.33. The van der Waals surface area contributed by atoms with Gasteiger partial charge in [-0.2, -0.15) is 0 Å². The lowest BCUT2D eigenvalue weighted by Gasteiger charge is -2.18. The molecule has 0 radical (unpaired) electrons. The Morgan fingerprint density at radius 1 is 0.313 bits per heavy atom. The molecule has 0 saturated heterocycles. The van der Waals surface area contributed by atoms with E-state index in [0.29, 0.717) is 19.3 Å². The number of allylic oxidation sites excluding steroid dienone is 18. The minimum absolute atomic E-state index is 0.103. The number of hydrogen-bond acceptors (Lipinski definition) is 6. The molecule has 380 valence electrons. The molecule has 0 aromatic carbocycles. The van der Waals surface area contributed by atoms with Gasteiger partial charge in [0.15, 0.2) is 6.10 Å². The van der Waals surface area contributed by atoms with Gasteiger partial charge in [-0.25, -0.2) is 0 Å². The molecule has 1 atom stereocenters. The van der Waals surface area contributed by atoms with Crippen molar-refractivity contribution < 1.29 is 28.6 Å². The van der Waals surface area contributed by atoms with Crippen LogP contribution in [0.15, 0.2) is 109 Å². The summed E-state index contributed by atoms with van der Waals surface area (Å²) >= 11 is 0. The summed E-state index contributed by atoms with van der Waals surface area (Å²) in [7, 11) is 0. The molecule has 0 unspecified atom stereocenters. The number of hydrogen-bond donors (Lipinski definition) is 0. The van der Waals surface area contributed by atoms with Crippen LogP contribution in [0.4, 0.5) is 0 Å².